The van der Waals surface area contributed by atoms with Crippen molar-refractivity contribution >= 4 is 40.0 Å². The topological polar surface area (TPSA) is 104 Å². The Hall–Kier alpha value is -3.13. The predicted molar refractivity (Wildman–Crippen MR) is 106 cm³/mol. The molecule has 7 nitrogen and oxygen atoms in total. The molecule has 0 saturated heterocycles. The van der Waals surface area contributed by atoms with Gasteiger partial charge in [0.25, 0.3) is 5.56 Å². The molecule has 0 unspecified atom stereocenters. The zero-order valence-electron chi connectivity index (χ0n) is 14.6. The number of H-pyrrole nitrogens is 1. The van der Waals surface area contributed by atoms with Crippen LogP contribution in [0.25, 0.3) is 10.8 Å². The van der Waals surface area contributed by atoms with Gasteiger partial charge in [0.15, 0.2) is 5.16 Å². The van der Waals surface area contributed by atoms with Gasteiger partial charge in [-0.15, -0.1) is 0 Å². The van der Waals surface area contributed by atoms with Crippen molar-refractivity contribution in [1.82, 2.24) is 15.3 Å². The number of benzene rings is 2. The molecule has 0 aliphatic heterocycles. The zero-order chi connectivity index (χ0) is 19.2. The maximum absolute atomic E-state index is 12.3. The minimum absolute atomic E-state index is 0.0101. The maximum atomic E-state index is 12.3. The van der Waals surface area contributed by atoms with Crippen molar-refractivity contribution in [1.29, 1.82) is 0 Å². The van der Waals surface area contributed by atoms with E-state index in [0.717, 1.165) is 28.2 Å². The number of amides is 2. The molecule has 2 aromatic carbocycles. The van der Waals surface area contributed by atoms with Crippen LogP contribution >= 0.6 is 11.8 Å². The Balaban J connectivity index is 1.67. The largest absolute Gasteiger partial charge is 0.359 e. The van der Waals surface area contributed by atoms with E-state index < -0.39 is 0 Å². The molecule has 3 rings (SSSR count). The van der Waals surface area contributed by atoms with Crippen molar-refractivity contribution in [2.45, 2.75) is 11.6 Å². The van der Waals surface area contributed by atoms with E-state index in [1.165, 1.54) is 13.1 Å². The Labute approximate surface area is 159 Å². The fourth-order valence-electron chi connectivity index (χ4n) is 2.55. The third kappa shape index (κ3) is 4.95. The summed E-state index contributed by atoms with van der Waals surface area (Å²) < 4.78 is 0. The van der Waals surface area contributed by atoms with E-state index >= 15 is 0 Å². The Morgan fingerprint density at radius 3 is 2.70 bits per heavy atom. The van der Waals surface area contributed by atoms with Gasteiger partial charge in [-0.2, -0.15) is 0 Å². The fourth-order valence-corrected chi connectivity index (χ4v) is 3.24. The van der Waals surface area contributed by atoms with Crippen LogP contribution in [0.4, 0.5) is 5.69 Å². The maximum Gasteiger partial charge on any atom is 0.251 e. The van der Waals surface area contributed by atoms with E-state index in [2.05, 4.69) is 20.6 Å². The third-order valence-corrected chi connectivity index (χ3v) is 4.67. The number of thioether (sulfide) groups is 1. The van der Waals surface area contributed by atoms with Crippen LogP contribution in [0, 0.1) is 0 Å². The van der Waals surface area contributed by atoms with Gasteiger partial charge in [0, 0.05) is 24.2 Å². The molecule has 8 heteroatoms. The van der Waals surface area contributed by atoms with E-state index in [4.69, 9.17) is 0 Å². The predicted octanol–water partition coefficient (Wildman–Crippen LogP) is 1.94. The Bertz CT molecular complexity index is 1040. The molecule has 27 heavy (non-hydrogen) atoms. The average Bonchev–Trinajstić information content (AvgIpc) is 2.66. The molecule has 3 N–H and O–H groups in total. The van der Waals surface area contributed by atoms with Crippen LogP contribution in [0.15, 0.2) is 58.5 Å². The molecular weight excluding hydrogens is 364 g/mol. The van der Waals surface area contributed by atoms with E-state index in [-0.39, 0.29) is 29.5 Å². The molecule has 2 amide bonds. The van der Waals surface area contributed by atoms with Crippen molar-refractivity contribution in [3.8, 4) is 0 Å². The normalized spacial score (nSPS) is 10.6. The Kier molecular flexibility index (Phi) is 5.87. The minimum Gasteiger partial charge on any atom is -0.359 e. The summed E-state index contributed by atoms with van der Waals surface area (Å²) in [5, 5.41) is 7.66. The first-order valence-electron chi connectivity index (χ1n) is 8.26. The molecule has 138 valence electrons. The fraction of sp³-hybridized carbons (Fsp3) is 0.158. The molecule has 0 radical (unpaired) electrons. The van der Waals surface area contributed by atoms with Crippen LogP contribution in [0.5, 0.6) is 0 Å². The first kappa shape index (κ1) is 18.7. The number of anilines is 1. The van der Waals surface area contributed by atoms with Crippen LogP contribution in [-0.4, -0.2) is 34.6 Å². The van der Waals surface area contributed by atoms with E-state index in [0.29, 0.717) is 10.9 Å². The molecule has 1 aromatic heterocycles. The minimum atomic E-state index is -0.360. The van der Waals surface area contributed by atoms with Gasteiger partial charge in [-0.3, -0.25) is 14.4 Å². The number of carbonyl (C=O) groups is 2. The SMILES string of the molecule is CNC(=O)Cc1cc(=O)[nH]c(SCC(=O)Nc2cccc3ccccc23)n1. The van der Waals surface area contributed by atoms with E-state index in [1.807, 2.05) is 42.5 Å². The van der Waals surface area contributed by atoms with Crippen LogP contribution < -0.4 is 16.2 Å². The van der Waals surface area contributed by atoms with Gasteiger partial charge in [-0.25, -0.2) is 4.98 Å². The van der Waals surface area contributed by atoms with Crippen molar-refractivity contribution in [2.75, 3.05) is 18.1 Å². The van der Waals surface area contributed by atoms with Gasteiger partial charge >= 0.3 is 0 Å². The van der Waals surface area contributed by atoms with Gasteiger partial charge in [0.1, 0.15) is 0 Å². The number of aromatic nitrogens is 2. The first-order chi connectivity index (χ1) is 13.0. The number of carbonyl (C=O) groups excluding carboxylic acids is 2. The number of fused-ring (bicyclic) bond motifs is 1. The van der Waals surface area contributed by atoms with E-state index in [1.54, 1.807) is 0 Å². The van der Waals surface area contributed by atoms with Crippen molar-refractivity contribution < 1.29 is 9.59 Å². The number of nitrogens with one attached hydrogen (secondary N) is 3. The molecule has 3 aromatic rings. The van der Waals surface area contributed by atoms with Gasteiger partial charge in [-0.1, -0.05) is 48.2 Å². The summed E-state index contributed by atoms with van der Waals surface area (Å²) in [7, 11) is 1.52. The van der Waals surface area contributed by atoms with Gasteiger partial charge in [-0.05, 0) is 11.5 Å². The molecule has 1 heterocycles. The van der Waals surface area contributed by atoms with Gasteiger partial charge in [0.05, 0.1) is 17.9 Å². The van der Waals surface area contributed by atoms with Crippen LogP contribution in [0.2, 0.25) is 0 Å². The monoisotopic (exact) mass is 382 g/mol. The standard InChI is InChI=1S/C19H18N4O3S/c1-20-16(24)9-13-10-17(25)23-19(21-13)27-11-18(26)22-15-8-4-6-12-5-2-3-7-14(12)15/h2-8,10H,9,11H2,1H3,(H,20,24)(H,22,26)(H,21,23,25). The molecule has 0 fully saturated rings. The number of rotatable bonds is 6. The number of hydrogen-bond acceptors (Lipinski definition) is 5. The summed E-state index contributed by atoms with van der Waals surface area (Å²) >= 11 is 1.11. The summed E-state index contributed by atoms with van der Waals surface area (Å²) in [6.07, 6.45) is 0.0101. The molecule has 0 saturated carbocycles. The highest BCUT2D eigenvalue weighted by Gasteiger charge is 2.10. The summed E-state index contributed by atoms with van der Waals surface area (Å²) in [6.45, 7) is 0. The summed E-state index contributed by atoms with van der Waals surface area (Å²) in [6, 6.07) is 14.8. The molecule has 0 aliphatic rings. The lowest BCUT2D eigenvalue weighted by molar-refractivity contribution is -0.120. The van der Waals surface area contributed by atoms with Crippen LogP contribution in [0.1, 0.15) is 5.69 Å². The van der Waals surface area contributed by atoms with Crippen LogP contribution in [-0.2, 0) is 16.0 Å². The van der Waals surface area contributed by atoms with Crippen molar-refractivity contribution in [3.05, 3.63) is 64.6 Å². The lowest BCUT2D eigenvalue weighted by Gasteiger charge is -2.08. The average molecular weight is 382 g/mol. The molecule has 0 bridgehead atoms. The highest BCUT2D eigenvalue weighted by Crippen LogP contribution is 2.23. The number of likely N-dealkylation sites (N-methyl/N-ethyl adjacent to an activating group) is 1. The van der Waals surface area contributed by atoms with Crippen LogP contribution in [0.3, 0.4) is 0 Å². The van der Waals surface area contributed by atoms with Gasteiger partial charge in [0.2, 0.25) is 11.8 Å². The highest BCUT2D eigenvalue weighted by atomic mass is 32.2. The van der Waals surface area contributed by atoms with Crippen molar-refractivity contribution in [2.24, 2.45) is 0 Å². The molecular formula is C19H18N4O3S. The first-order valence-corrected chi connectivity index (χ1v) is 9.25. The molecule has 0 spiro atoms. The molecule has 0 atom stereocenters. The van der Waals surface area contributed by atoms with Crippen molar-refractivity contribution in [3.63, 3.8) is 0 Å². The van der Waals surface area contributed by atoms with E-state index in [9.17, 15) is 14.4 Å². The number of hydrogen-bond donors (Lipinski definition) is 3. The lowest BCUT2D eigenvalue weighted by atomic mass is 10.1. The summed E-state index contributed by atoms with van der Waals surface area (Å²) in [5.41, 5.74) is 0.726. The summed E-state index contributed by atoms with van der Waals surface area (Å²) in [5.74, 6) is -0.372. The molecule has 0 aliphatic carbocycles. The quantitative estimate of drug-likeness (QED) is 0.446. The number of aromatic amines is 1. The smallest absolute Gasteiger partial charge is 0.251 e. The summed E-state index contributed by atoms with van der Waals surface area (Å²) in [4.78, 5) is 42.3. The highest BCUT2D eigenvalue weighted by molar-refractivity contribution is 7.99. The number of nitrogens with zero attached hydrogens (tertiary/aromatic N) is 1. The third-order valence-electron chi connectivity index (χ3n) is 3.80. The van der Waals surface area contributed by atoms with Gasteiger partial charge < -0.3 is 15.6 Å². The lowest BCUT2D eigenvalue weighted by Crippen LogP contribution is -2.22. The Morgan fingerprint density at radius 1 is 1.11 bits per heavy atom. The Morgan fingerprint density at radius 2 is 1.89 bits per heavy atom. The second-order valence-electron chi connectivity index (χ2n) is 5.76. The second kappa shape index (κ2) is 8.50. The second-order valence-corrected chi connectivity index (χ2v) is 6.72. The zero-order valence-corrected chi connectivity index (χ0v) is 15.4.